The molecule has 0 aliphatic heterocycles. The molecule has 0 saturated heterocycles. The minimum Gasteiger partial charge on any atom is -0.308 e. The third-order valence-electron chi connectivity index (χ3n) is 15.0. The summed E-state index contributed by atoms with van der Waals surface area (Å²) in [4.78, 5) is 0. The van der Waals surface area contributed by atoms with Gasteiger partial charge in [0, 0.05) is 21.5 Å². The molecule has 12 aromatic rings. The zero-order chi connectivity index (χ0) is 60.1. The average molecular weight is 1110 g/mol. The highest BCUT2D eigenvalue weighted by Gasteiger charge is 2.40. The number of fused-ring (bicyclic) bond motifs is 6. The molecule has 0 aliphatic rings. The van der Waals surface area contributed by atoms with Gasteiger partial charge in [-0.05, 0) is 183 Å². The van der Waals surface area contributed by atoms with Crippen LogP contribution in [0.25, 0.3) is 111 Å². The van der Waals surface area contributed by atoms with Gasteiger partial charge in [0.05, 0.1) is 150 Å². The fourth-order valence-corrected chi connectivity index (χ4v) is 11.3. The molecular weight excluding hydrogens is 1080 g/mol. The predicted molar refractivity (Wildman–Crippen MR) is 314 cm³/mol. The van der Waals surface area contributed by atoms with Crippen molar-refractivity contribution in [3.05, 3.63) is 237 Å². The first kappa shape index (κ1) is 53.1. The predicted octanol–water partition coefficient (Wildman–Crippen LogP) is 16.0. The molecule has 0 amide bonds. The lowest BCUT2D eigenvalue weighted by molar-refractivity contribution is -0.137. The smallest absolute Gasteiger partial charge is 0.308 e. The number of hydrogen-bond donors (Lipinski definition) is 0. The number of nitriles is 10. The van der Waals surface area contributed by atoms with Crippen LogP contribution in [-0.2, 0) is 6.18 Å². The van der Waals surface area contributed by atoms with Gasteiger partial charge in [0.25, 0.3) is 0 Å². The molecule has 0 unspecified atom stereocenters. The summed E-state index contributed by atoms with van der Waals surface area (Å²) in [5, 5.41) is 103. The molecule has 0 N–H and O–H groups in total. The number of hydrogen-bond acceptors (Lipinski definition) is 10. The minimum atomic E-state index is -5.25. The van der Waals surface area contributed by atoms with Crippen molar-refractivity contribution in [2.24, 2.45) is 0 Å². The first-order chi connectivity index (χ1) is 41.7. The Morgan fingerprint density at radius 3 is 0.605 bits per heavy atom. The van der Waals surface area contributed by atoms with Gasteiger partial charge in [-0.1, -0.05) is 48.5 Å². The fourth-order valence-electron chi connectivity index (χ4n) is 11.3. The Morgan fingerprint density at radius 1 is 0.233 bits per heavy atom. The van der Waals surface area contributed by atoms with Crippen LogP contribution < -0.4 is 0 Å². The number of rotatable bonds is 7. The van der Waals surface area contributed by atoms with Crippen LogP contribution >= 0.6 is 0 Å². The summed E-state index contributed by atoms with van der Waals surface area (Å²) >= 11 is 0. The van der Waals surface area contributed by atoms with Gasteiger partial charge in [0.1, 0.15) is 5.56 Å². The Balaban J connectivity index is 1.29. The van der Waals surface area contributed by atoms with E-state index in [1.165, 1.54) is 63.7 Å². The summed E-state index contributed by atoms with van der Waals surface area (Å²) in [6.45, 7) is 0. The molecule has 12 rings (SSSR count). The Morgan fingerprint density at radius 2 is 0.419 bits per heavy atom. The summed E-state index contributed by atoms with van der Waals surface area (Å²) in [6, 6.07) is 66.6. The average Bonchev–Trinajstić information content (AvgIpc) is 1.60. The molecule has 0 bridgehead atoms. The zero-order valence-corrected chi connectivity index (χ0v) is 44.2. The normalized spacial score (nSPS) is 10.8. The van der Waals surface area contributed by atoms with Gasteiger partial charge in [-0.15, -0.1) is 0 Å². The van der Waals surface area contributed by atoms with Gasteiger partial charge in [0.15, 0.2) is 0 Å². The van der Waals surface area contributed by atoms with Crippen molar-refractivity contribution < 1.29 is 13.2 Å². The Hall–Kier alpha value is -13.5. The second-order valence-corrected chi connectivity index (χ2v) is 20.1. The van der Waals surface area contributed by atoms with Crippen molar-refractivity contribution in [1.82, 2.24) is 9.13 Å². The van der Waals surface area contributed by atoms with Gasteiger partial charge in [-0.2, -0.15) is 65.8 Å². The minimum absolute atomic E-state index is 0.0414. The Labute approximate surface area is 487 Å². The third-order valence-corrected chi connectivity index (χ3v) is 15.0. The summed E-state index contributed by atoms with van der Waals surface area (Å²) in [5.41, 5.74) is 4.03. The molecule has 0 atom stereocenters. The van der Waals surface area contributed by atoms with E-state index in [0.29, 0.717) is 66.1 Å². The van der Waals surface area contributed by atoms with Crippen LogP contribution in [0.1, 0.15) is 61.2 Å². The third kappa shape index (κ3) is 9.19. The highest BCUT2D eigenvalue weighted by molar-refractivity contribution is 6.13. The van der Waals surface area contributed by atoms with Crippen molar-refractivity contribution in [2.45, 2.75) is 6.18 Å². The second kappa shape index (κ2) is 20.9. The van der Waals surface area contributed by atoms with Crippen LogP contribution in [0, 0.1) is 113 Å². The quantitative estimate of drug-likeness (QED) is 0.146. The number of aromatic nitrogens is 2. The number of nitrogens with zero attached hydrogens (tertiary/aromatic N) is 12. The van der Waals surface area contributed by atoms with Gasteiger partial charge in [-0.25, -0.2) is 0 Å². The maximum atomic E-state index is 17.6. The van der Waals surface area contributed by atoms with Crippen LogP contribution in [0.3, 0.4) is 0 Å². The van der Waals surface area contributed by atoms with Gasteiger partial charge in [-0.3, -0.25) is 0 Å². The zero-order valence-electron chi connectivity index (χ0n) is 44.2. The maximum absolute atomic E-state index is 17.6. The highest BCUT2D eigenvalue weighted by Crippen LogP contribution is 2.48. The molecule has 2 heterocycles. The molecule has 394 valence electrons. The van der Waals surface area contributed by atoms with E-state index in [9.17, 15) is 52.6 Å². The van der Waals surface area contributed by atoms with E-state index >= 15 is 13.2 Å². The molecule has 12 nitrogen and oxygen atoms in total. The maximum Gasteiger partial charge on any atom is 0.420 e. The van der Waals surface area contributed by atoms with Crippen LogP contribution in [-0.4, -0.2) is 9.13 Å². The first-order valence-corrected chi connectivity index (χ1v) is 25.9. The SMILES string of the molecule is N#Cc1cc(C#N)cc(-c2cc(-n3c4cc(-c5cc(C#N)cc(C#N)c5)ccc4c4ccc(-c5cc(C#N)cc(C#N)c5)cc43)c(C(F)(F)F)c(-n3c4cc(-c5cc(C#N)cc(C#N)c5)ccc4c4ccc(-c5cc(C#N)cc(C#N)c5)cc43)c2)c1. The van der Waals surface area contributed by atoms with Crippen LogP contribution in [0.4, 0.5) is 13.2 Å². The monoisotopic (exact) mass is 1110 g/mol. The van der Waals surface area contributed by atoms with Crippen molar-refractivity contribution in [3.63, 3.8) is 0 Å². The molecule has 0 spiro atoms. The topological polar surface area (TPSA) is 248 Å². The number of alkyl halides is 3. The van der Waals surface area contributed by atoms with E-state index in [4.69, 9.17) is 0 Å². The number of benzene rings is 10. The van der Waals surface area contributed by atoms with Crippen molar-refractivity contribution >= 4 is 43.6 Å². The van der Waals surface area contributed by atoms with Crippen LogP contribution in [0.5, 0.6) is 0 Å². The lowest BCUT2D eigenvalue weighted by atomic mass is 9.96. The van der Waals surface area contributed by atoms with Gasteiger partial charge >= 0.3 is 6.18 Å². The van der Waals surface area contributed by atoms with Crippen molar-refractivity contribution in [1.29, 1.82) is 52.6 Å². The Kier molecular flexibility index (Phi) is 12.9. The summed E-state index contributed by atoms with van der Waals surface area (Å²) in [7, 11) is 0. The number of halogens is 3. The molecule has 86 heavy (non-hydrogen) atoms. The van der Waals surface area contributed by atoms with Crippen LogP contribution in [0.15, 0.2) is 176 Å². The molecule has 15 heteroatoms. The molecule has 10 aromatic carbocycles. The van der Waals surface area contributed by atoms with E-state index in [-0.39, 0.29) is 88.8 Å². The van der Waals surface area contributed by atoms with Crippen LogP contribution in [0.2, 0.25) is 0 Å². The molecular formula is C71H29F3N12. The highest BCUT2D eigenvalue weighted by atomic mass is 19.4. The van der Waals surface area contributed by atoms with E-state index in [1.54, 1.807) is 121 Å². The van der Waals surface area contributed by atoms with Gasteiger partial charge < -0.3 is 9.13 Å². The molecule has 0 fully saturated rings. The summed E-state index contributed by atoms with van der Waals surface area (Å²) < 4.78 is 55.6. The van der Waals surface area contributed by atoms with Crippen molar-refractivity contribution in [3.8, 4) is 128 Å². The van der Waals surface area contributed by atoms with E-state index in [0.717, 1.165) is 0 Å². The second-order valence-electron chi connectivity index (χ2n) is 20.1. The van der Waals surface area contributed by atoms with Gasteiger partial charge in [0.2, 0.25) is 0 Å². The largest absolute Gasteiger partial charge is 0.420 e. The van der Waals surface area contributed by atoms with E-state index < -0.39 is 23.1 Å². The molecule has 0 aliphatic carbocycles. The van der Waals surface area contributed by atoms with E-state index in [1.807, 2.05) is 0 Å². The molecule has 0 radical (unpaired) electrons. The summed E-state index contributed by atoms with van der Waals surface area (Å²) in [6.07, 6.45) is -5.25. The lowest BCUT2D eigenvalue weighted by Crippen LogP contribution is -2.16. The van der Waals surface area contributed by atoms with Crippen molar-refractivity contribution in [2.75, 3.05) is 0 Å². The molecule has 0 saturated carbocycles. The Bertz CT molecular complexity index is 4770. The van der Waals surface area contributed by atoms with E-state index in [2.05, 4.69) is 60.7 Å². The first-order valence-electron chi connectivity index (χ1n) is 25.9. The summed E-state index contributed by atoms with van der Waals surface area (Å²) in [5.74, 6) is 0. The molecule has 2 aromatic heterocycles. The fraction of sp³-hybridized carbons (Fsp3) is 0.0141. The standard InChI is InChI=1S/C71H29F3N12/c72-71(73,74)70-68(85-64-24-50(54-14-40(30-75)9-41(15-54)31-76)1-5-60(64)61-6-2-51(25-65(61)85)55-16-42(32-77)10-43(17-55)33-78)28-59(58-22-48(38-83)13-49(23-58)39-84)29-69(70)86-66-26-52(56-18-44(34-79)11-45(19-56)35-80)3-7-62(66)63-8-4-53(27-67(63)86)57-20-46(36-81)12-47(21-57)37-82/h1-29H. The lowest BCUT2D eigenvalue weighted by Gasteiger charge is -2.23.